The van der Waals surface area contributed by atoms with Crippen LogP contribution in [0.2, 0.25) is 0 Å². The van der Waals surface area contributed by atoms with Gasteiger partial charge in [-0.2, -0.15) is 0 Å². The predicted octanol–water partition coefficient (Wildman–Crippen LogP) is 1.84. The molecule has 0 fully saturated rings. The molecule has 0 bridgehead atoms. The van der Waals surface area contributed by atoms with Crippen LogP contribution >= 0.6 is 0 Å². The minimum atomic E-state index is -0.223. The van der Waals surface area contributed by atoms with Crippen molar-refractivity contribution in [1.82, 2.24) is 5.32 Å². The molecule has 0 aromatic heterocycles. The Bertz CT molecular complexity index is 407. The van der Waals surface area contributed by atoms with Gasteiger partial charge in [-0.25, -0.2) is 0 Å². The average molecular weight is 217 g/mol. The molecule has 1 unspecified atom stereocenters. The molecule has 1 aromatic carbocycles. The molecule has 0 aliphatic rings. The highest BCUT2D eigenvalue weighted by atomic mass is 16.5. The number of methoxy groups -OCH3 is 1. The summed E-state index contributed by atoms with van der Waals surface area (Å²) >= 11 is 0. The lowest BCUT2D eigenvalue weighted by molar-refractivity contribution is 0.0944. The van der Waals surface area contributed by atoms with Gasteiger partial charge in [-0.15, -0.1) is 6.42 Å². The number of terminal acetylenes is 1. The molecule has 16 heavy (non-hydrogen) atoms. The maximum absolute atomic E-state index is 11.8. The normalized spacial score (nSPS) is 11.3. The molecule has 3 nitrogen and oxygen atoms in total. The van der Waals surface area contributed by atoms with E-state index in [0.29, 0.717) is 17.7 Å². The van der Waals surface area contributed by atoms with Crippen LogP contribution < -0.4 is 10.1 Å². The summed E-state index contributed by atoms with van der Waals surface area (Å²) in [6.07, 6.45) is 5.99. The van der Waals surface area contributed by atoms with Crippen molar-refractivity contribution >= 4 is 5.91 Å². The van der Waals surface area contributed by atoms with E-state index >= 15 is 0 Å². The molecule has 3 heteroatoms. The zero-order valence-electron chi connectivity index (χ0n) is 9.49. The zero-order valence-corrected chi connectivity index (χ0v) is 9.49. The number of rotatable bonds is 4. The predicted molar refractivity (Wildman–Crippen MR) is 63.4 cm³/mol. The highest BCUT2D eigenvalue weighted by molar-refractivity contribution is 5.94. The number of carbonyl (C=O) groups excluding carboxylic acids is 1. The van der Waals surface area contributed by atoms with Crippen LogP contribution in [0.1, 0.15) is 23.7 Å². The second-order valence-electron chi connectivity index (χ2n) is 3.33. The third kappa shape index (κ3) is 3.03. The molecule has 1 rings (SSSR count). The second-order valence-corrected chi connectivity index (χ2v) is 3.33. The van der Waals surface area contributed by atoms with Crippen molar-refractivity contribution in [3.05, 3.63) is 29.8 Å². The summed E-state index contributed by atoms with van der Waals surface area (Å²) in [6.45, 7) is 1.93. The summed E-state index contributed by atoms with van der Waals surface area (Å²) in [7, 11) is 1.56. The first-order valence-electron chi connectivity index (χ1n) is 5.12. The largest absolute Gasteiger partial charge is 0.497 e. The van der Waals surface area contributed by atoms with Crippen LogP contribution in [0.4, 0.5) is 0 Å². The summed E-state index contributed by atoms with van der Waals surface area (Å²) in [5.41, 5.74) is 0.549. The minimum absolute atomic E-state index is 0.177. The van der Waals surface area contributed by atoms with Gasteiger partial charge in [-0.3, -0.25) is 4.79 Å². The molecule has 84 valence electrons. The summed E-state index contributed by atoms with van der Waals surface area (Å²) < 4.78 is 5.04. The molecule has 1 atom stereocenters. The minimum Gasteiger partial charge on any atom is -0.497 e. The van der Waals surface area contributed by atoms with Crippen molar-refractivity contribution in [2.75, 3.05) is 7.11 Å². The molecule has 1 amide bonds. The number of ether oxygens (including phenoxy) is 1. The first-order chi connectivity index (χ1) is 7.71. The third-order valence-corrected chi connectivity index (χ3v) is 2.25. The van der Waals surface area contributed by atoms with E-state index in [-0.39, 0.29) is 11.9 Å². The van der Waals surface area contributed by atoms with E-state index in [1.807, 2.05) is 6.92 Å². The first kappa shape index (κ1) is 12.1. The van der Waals surface area contributed by atoms with Crippen LogP contribution in [0.25, 0.3) is 0 Å². The number of carbonyl (C=O) groups is 1. The maximum atomic E-state index is 11.8. The number of hydrogen-bond donors (Lipinski definition) is 1. The van der Waals surface area contributed by atoms with E-state index in [0.717, 1.165) is 0 Å². The quantitative estimate of drug-likeness (QED) is 0.781. The lowest BCUT2D eigenvalue weighted by Crippen LogP contribution is -2.33. The topological polar surface area (TPSA) is 38.3 Å². The van der Waals surface area contributed by atoms with Gasteiger partial charge in [-0.1, -0.05) is 18.9 Å². The summed E-state index contributed by atoms with van der Waals surface area (Å²) in [5.74, 6) is 2.99. The standard InChI is InChI=1S/C13H15NO2/c1-4-11(5-2)14-13(15)10-7-6-8-12(9-10)16-3/h1,6-9,11H,5H2,2-3H3,(H,14,15). The SMILES string of the molecule is C#CC(CC)NC(=O)c1cccc(OC)c1. The van der Waals surface area contributed by atoms with Crippen LogP contribution in [0, 0.1) is 12.3 Å². The van der Waals surface area contributed by atoms with Crippen LogP contribution in [-0.2, 0) is 0 Å². The fourth-order valence-corrected chi connectivity index (χ4v) is 1.27. The van der Waals surface area contributed by atoms with Gasteiger partial charge < -0.3 is 10.1 Å². The summed E-state index contributed by atoms with van der Waals surface area (Å²) in [5, 5.41) is 2.75. The van der Waals surface area contributed by atoms with Gasteiger partial charge in [0.2, 0.25) is 0 Å². The molecular formula is C13H15NO2. The Hall–Kier alpha value is -1.95. The van der Waals surface area contributed by atoms with Crippen molar-refractivity contribution in [3.8, 4) is 18.1 Å². The Morgan fingerprint density at radius 2 is 2.38 bits per heavy atom. The van der Waals surface area contributed by atoms with E-state index in [9.17, 15) is 4.79 Å². The summed E-state index contributed by atoms with van der Waals surface area (Å²) in [4.78, 5) is 11.8. The van der Waals surface area contributed by atoms with Crippen LogP contribution in [-0.4, -0.2) is 19.1 Å². The van der Waals surface area contributed by atoms with Gasteiger partial charge in [0.25, 0.3) is 5.91 Å². The van der Waals surface area contributed by atoms with E-state index < -0.39 is 0 Å². The molecule has 0 saturated heterocycles. The molecule has 1 aromatic rings. The zero-order chi connectivity index (χ0) is 12.0. The van der Waals surface area contributed by atoms with Crippen molar-refractivity contribution in [2.45, 2.75) is 19.4 Å². The van der Waals surface area contributed by atoms with Gasteiger partial charge in [-0.05, 0) is 24.6 Å². The van der Waals surface area contributed by atoms with Crippen LogP contribution in [0.3, 0.4) is 0 Å². The highest BCUT2D eigenvalue weighted by Crippen LogP contribution is 2.12. The van der Waals surface area contributed by atoms with Gasteiger partial charge in [0, 0.05) is 5.56 Å². The molecule has 0 saturated carbocycles. The molecule has 0 spiro atoms. The van der Waals surface area contributed by atoms with E-state index in [4.69, 9.17) is 11.2 Å². The van der Waals surface area contributed by atoms with Crippen molar-refractivity contribution in [2.24, 2.45) is 0 Å². The molecule has 1 N–H and O–H groups in total. The lowest BCUT2D eigenvalue weighted by atomic mass is 10.1. The van der Waals surface area contributed by atoms with E-state index in [1.165, 1.54) is 0 Å². The number of benzene rings is 1. The smallest absolute Gasteiger partial charge is 0.252 e. The monoisotopic (exact) mass is 217 g/mol. The fourth-order valence-electron chi connectivity index (χ4n) is 1.27. The molecular weight excluding hydrogens is 202 g/mol. The Kier molecular flexibility index (Phi) is 4.41. The lowest BCUT2D eigenvalue weighted by Gasteiger charge is -2.11. The van der Waals surface area contributed by atoms with Crippen molar-refractivity contribution in [1.29, 1.82) is 0 Å². The maximum Gasteiger partial charge on any atom is 0.252 e. The molecule has 0 radical (unpaired) electrons. The Labute approximate surface area is 95.8 Å². The average Bonchev–Trinajstić information content (AvgIpc) is 2.35. The van der Waals surface area contributed by atoms with E-state index in [1.54, 1.807) is 31.4 Å². The second kappa shape index (κ2) is 5.82. The van der Waals surface area contributed by atoms with E-state index in [2.05, 4.69) is 11.2 Å². The van der Waals surface area contributed by atoms with Crippen molar-refractivity contribution < 1.29 is 9.53 Å². The Morgan fingerprint density at radius 1 is 1.62 bits per heavy atom. The number of hydrogen-bond acceptors (Lipinski definition) is 2. The van der Waals surface area contributed by atoms with Gasteiger partial charge >= 0.3 is 0 Å². The van der Waals surface area contributed by atoms with Crippen LogP contribution in [0.5, 0.6) is 5.75 Å². The molecule has 0 heterocycles. The van der Waals surface area contributed by atoms with Gasteiger partial charge in [0.1, 0.15) is 5.75 Å². The molecule has 0 aliphatic carbocycles. The summed E-state index contributed by atoms with van der Waals surface area (Å²) in [6, 6.07) is 6.73. The molecule has 0 aliphatic heterocycles. The number of amides is 1. The highest BCUT2D eigenvalue weighted by Gasteiger charge is 2.10. The Balaban J connectivity index is 2.77. The first-order valence-corrected chi connectivity index (χ1v) is 5.12. The van der Waals surface area contributed by atoms with Crippen molar-refractivity contribution in [3.63, 3.8) is 0 Å². The number of nitrogens with one attached hydrogen (secondary N) is 1. The fraction of sp³-hybridized carbons (Fsp3) is 0.308. The Morgan fingerprint density at radius 3 is 2.94 bits per heavy atom. The third-order valence-electron chi connectivity index (χ3n) is 2.25. The van der Waals surface area contributed by atoms with Gasteiger partial charge in [0.15, 0.2) is 0 Å². The van der Waals surface area contributed by atoms with Crippen LogP contribution in [0.15, 0.2) is 24.3 Å². The van der Waals surface area contributed by atoms with Gasteiger partial charge in [0.05, 0.1) is 13.2 Å².